The molecule has 0 bridgehead atoms. The molecule has 0 saturated heterocycles. The number of carbonyl (C=O) groups excluding carboxylic acids is 2. The zero-order valence-corrected chi connectivity index (χ0v) is 15.3. The molecule has 1 unspecified atom stereocenters. The lowest BCUT2D eigenvalue weighted by molar-refractivity contribution is -0.116. The Hall–Kier alpha value is -3.27. The molecule has 1 aliphatic heterocycles. The van der Waals surface area contributed by atoms with Gasteiger partial charge in [-0.25, -0.2) is 4.99 Å². The van der Waals surface area contributed by atoms with Gasteiger partial charge in [0.15, 0.2) is 0 Å². The van der Waals surface area contributed by atoms with E-state index in [1.165, 1.54) is 0 Å². The first-order valence-electron chi connectivity index (χ1n) is 9.06. The van der Waals surface area contributed by atoms with E-state index in [1.807, 2.05) is 48.6 Å². The summed E-state index contributed by atoms with van der Waals surface area (Å²) in [6.07, 6.45) is 7.31. The second-order valence-electron chi connectivity index (χ2n) is 7.09. The van der Waals surface area contributed by atoms with Crippen molar-refractivity contribution in [3.05, 3.63) is 83.6 Å². The van der Waals surface area contributed by atoms with Crippen LogP contribution in [0.25, 0.3) is 10.8 Å². The van der Waals surface area contributed by atoms with E-state index in [-0.39, 0.29) is 23.7 Å². The minimum absolute atomic E-state index is 0.0364. The number of allylic oxidation sites excluding steroid dienone is 3. The zero-order valence-electron chi connectivity index (χ0n) is 15.3. The molecule has 27 heavy (non-hydrogen) atoms. The van der Waals surface area contributed by atoms with Gasteiger partial charge in [0.05, 0.1) is 5.71 Å². The van der Waals surface area contributed by atoms with Gasteiger partial charge in [0.2, 0.25) is 5.91 Å². The van der Waals surface area contributed by atoms with Crippen molar-refractivity contribution >= 4 is 28.3 Å². The lowest BCUT2D eigenvalue weighted by Crippen LogP contribution is -2.34. The summed E-state index contributed by atoms with van der Waals surface area (Å²) in [5.74, 6) is -0.112. The van der Waals surface area contributed by atoms with Gasteiger partial charge < -0.3 is 5.32 Å². The van der Waals surface area contributed by atoms with E-state index in [2.05, 4.69) is 24.2 Å². The molecule has 2 aromatic rings. The Morgan fingerprint density at radius 3 is 2.67 bits per heavy atom. The molecule has 1 atom stereocenters. The normalized spacial score (nSPS) is 20.3. The van der Waals surface area contributed by atoms with Crippen molar-refractivity contribution in [2.45, 2.75) is 13.8 Å². The topological polar surface area (TPSA) is 58.5 Å². The van der Waals surface area contributed by atoms with Crippen molar-refractivity contribution in [3.8, 4) is 0 Å². The molecule has 0 saturated carbocycles. The molecule has 2 amide bonds. The maximum atomic E-state index is 12.8. The highest BCUT2D eigenvalue weighted by Crippen LogP contribution is 2.31. The van der Waals surface area contributed by atoms with E-state index in [4.69, 9.17) is 0 Å². The van der Waals surface area contributed by atoms with E-state index >= 15 is 0 Å². The Morgan fingerprint density at radius 1 is 1.07 bits per heavy atom. The molecular formula is C23H20N2O2. The first-order chi connectivity index (χ1) is 13.0. The second-order valence-corrected chi connectivity index (χ2v) is 7.09. The molecular weight excluding hydrogens is 336 g/mol. The number of amides is 2. The molecule has 0 aromatic heterocycles. The predicted octanol–water partition coefficient (Wildman–Crippen LogP) is 4.20. The van der Waals surface area contributed by atoms with Crippen LogP contribution in [0.15, 0.2) is 83.0 Å². The average Bonchev–Trinajstić information content (AvgIpc) is 2.66. The van der Waals surface area contributed by atoms with Crippen molar-refractivity contribution in [1.29, 1.82) is 0 Å². The third kappa shape index (κ3) is 3.26. The minimum Gasteiger partial charge on any atom is -0.325 e. The summed E-state index contributed by atoms with van der Waals surface area (Å²) < 4.78 is 0. The monoisotopic (exact) mass is 356 g/mol. The summed E-state index contributed by atoms with van der Waals surface area (Å²) >= 11 is 0. The van der Waals surface area contributed by atoms with Crippen LogP contribution in [0.5, 0.6) is 0 Å². The second kappa shape index (κ2) is 6.80. The van der Waals surface area contributed by atoms with Gasteiger partial charge in [-0.15, -0.1) is 0 Å². The highest BCUT2D eigenvalue weighted by atomic mass is 16.2. The summed E-state index contributed by atoms with van der Waals surface area (Å²) in [5, 5.41) is 4.77. The summed E-state index contributed by atoms with van der Waals surface area (Å²) in [4.78, 5) is 29.0. The summed E-state index contributed by atoms with van der Waals surface area (Å²) in [5.41, 5.74) is 2.97. The number of aliphatic imine (C=N–C) groups is 1. The van der Waals surface area contributed by atoms with E-state index in [9.17, 15) is 9.59 Å². The highest BCUT2D eigenvalue weighted by Gasteiger charge is 2.28. The summed E-state index contributed by atoms with van der Waals surface area (Å²) in [7, 11) is 0. The number of nitrogens with zero attached hydrogens (tertiary/aromatic N) is 1. The molecule has 2 aliphatic rings. The minimum atomic E-state index is -0.288. The van der Waals surface area contributed by atoms with Gasteiger partial charge in [-0.3, -0.25) is 9.59 Å². The fourth-order valence-electron chi connectivity index (χ4n) is 3.60. The van der Waals surface area contributed by atoms with Crippen LogP contribution in [0.4, 0.5) is 0 Å². The number of hydrogen-bond donors (Lipinski definition) is 1. The van der Waals surface area contributed by atoms with Crippen molar-refractivity contribution in [2.24, 2.45) is 16.8 Å². The molecule has 0 spiro atoms. The Morgan fingerprint density at radius 2 is 1.85 bits per heavy atom. The number of carbonyl (C=O) groups is 2. The number of nitrogens with one attached hydrogen (secondary N) is 1. The van der Waals surface area contributed by atoms with Crippen LogP contribution in [0, 0.1) is 11.8 Å². The third-order valence-electron chi connectivity index (χ3n) is 4.94. The molecule has 4 nitrogen and oxygen atoms in total. The van der Waals surface area contributed by atoms with Crippen LogP contribution in [-0.2, 0) is 4.79 Å². The smallest absolute Gasteiger partial charge is 0.278 e. The first-order valence-corrected chi connectivity index (χ1v) is 9.06. The largest absolute Gasteiger partial charge is 0.325 e. The quantitative estimate of drug-likeness (QED) is 0.876. The van der Waals surface area contributed by atoms with Crippen molar-refractivity contribution in [1.82, 2.24) is 5.32 Å². The summed E-state index contributed by atoms with van der Waals surface area (Å²) in [6.45, 7) is 4.15. The SMILES string of the molecule is CC(C)C1=CC(=O)NC2=CC(=NC(=O)c3cccc4ccccc34)C=CC21. The van der Waals surface area contributed by atoms with E-state index in [1.54, 1.807) is 18.2 Å². The van der Waals surface area contributed by atoms with Crippen LogP contribution < -0.4 is 5.32 Å². The molecule has 0 radical (unpaired) electrons. The maximum absolute atomic E-state index is 12.8. The molecule has 1 aliphatic carbocycles. The molecule has 1 heterocycles. The molecule has 2 aromatic carbocycles. The number of rotatable bonds is 2. The third-order valence-corrected chi connectivity index (χ3v) is 4.94. The Bertz CT molecular complexity index is 1070. The van der Waals surface area contributed by atoms with E-state index in [0.29, 0.717) is 11.3 Å². The highest BCUT2D eigenvalue weighted by molar-refractivity contribution is 6.17. The summed E-state index contributed by atoms with van der Waals surface area (Å²) in [6, 6.07) is 13.4. The molecule has 0 fully saturated rings. The number of benzene rings is 2. The lowest BCUT2D eigenvalue weighted by atomic mass is 9.82. The average molecular weight is 356 g/mol. The predicted molar refractivity (Wildman–Crippen MR) is 107 cm³/mol. The maximum Gasteiger partial charge on any atom is 0.278 e. The zero-order chi connectivity index (χ0) is 19.0. The Labute approximate surface area is 158 Å². The molecule has 4 heteroatoms. The van der Waals surface area contributed by atoms with Crippen molar-refractivity contribution in [2.75, 3.05) is 0 Å². The van der Waals surface area contributed by atoms with Crippen LogP contribution >= 0.6 is 0 Å². The first kappa shape index (κ1) is 17.2. The van der Waals surface area contributed by atoms with Crippen molar-refractivity contribution in [3.63, 3.8) is 0 Å². The van der Waals surface area contributed by atoms with Gasteiger partial charge in [0, 0.05) is 23.3 Å². The van der Waals surface area contributed by atoms with Crippen molar-refractivity contribution < 1.29 is 9.59 Å². The van der Waals surface area contributed by atoms with Crippen LogP contribution in [-0.4, -0.2) is 17.5 Å². The Balaban J connectivity index is 1.68. The van der Waals surface area contributed by atoms with Gasteiger partial charge >= 0.3 is 0 Å². The Kier molecular flexibility index (Phi) is 4.32. The standard InChI is InChI=1S/C23H20N2O2/c1-14(2)20-13-22(26)25-21-12-16(10-11-18(20)21)24-23(27)19-9-5-7-15-6-3-4-8-17(15)19/h3-14,18H,1-2H3,(H,25,26). The molecule has 1 N–H and O–H groups in total. The molecule has 134 valence electrons. The van der Waals surface area contributed by atoms with Crippen LogP contribution in [0.2, 0.25) is 0 Å². The van der Waals surface area contributed by atoms with Gasteiger partial charge in [0.1, 0.15) is 0 Å². The van der Waals surface area contributed by atoms with E-state index in [0.717, 1.165) is 22.0 Å². The number of fused-ring (bicyclic) bond motifs is 2. The fraction of sp³-hybridized carbons (Fsp3) is 0.174. The van der Waals surface area contributed by atoms with E-state index < -0.39 is 0 Å². The van der Waals surface area contributed by atoms with Gasteiger partial charge in [0.25, 0.3) is 5.91 Å². The van der Waals surface area contributed by atoms with Crippen LogP contribution in [0.3, 0.4) is 0 Å². The van der Waals surface area contributed by atoms with Crippen LogP contribution in [0.1, 0.15) is 24.2 Å². The van der Waals surface area contributed by atoms with Gasteiger partial charge in [-0.05, 0) is 40.5 Å². The van der Waals surface area contributed by atoms with Gasteiger partial charge in [-0.1, -0.05) is 56.3 Å². The molecule has 4 rings (SSSR count). The lowest BCUT2D eigenvalue weighted by Gasteiger charge is -2.29. The van der Waals surface area contributed by atoms with Gasteiger partial charge in [-0.2, -0.15) is 0 Å². The number of hydrogen-bond acceptors (Lipinski definition) is 2. The fourth-order valence-corrected chi connectivity index (χ4v) is 3.60.